The van der Waals surface area contributed by atoms with E-state index in [1.807, 2.05) is 0 Å². The zero-order valence-electron chi connectivity index (χ0n) is 10.6. The Bertz CT molecular complexity index is 574. The molecule has 100 valence electrons. The van der Waals surface area contributed by atoms with E-state index < -0.39 is 5.82 Å². The Morgan fingerprint density at radius 1 is 1.21 bits per heavy atom. The van der Waals surface area contributed by atoms with Crippen LogP contribution in [-0.2, 0) is 0 Å². The summed E-state index contributed by atoms with van der Waals surface area (Å²) >= 11 is 0. The number of anilines is 1. The highest BCUT2D eigenvalue weighted by Gasteiger charge is 2.22. The highest BCUT2D eigenvalue weighted by atomic mass is 19.1. The summed E-state index contributed by atoms with van der Waals surface area (Å²) < 4.78 is 15.2. The summed E-state index contributed by atoms with van der Waals surface area (Å²) in [5.41, 5.74) is 6.24. The van der Waals surface area contributed by atoms with Crippen LogP contribution in [-0.4, -0.2) is 20.2 Å². The number of aromatic nitrogens is 4. The van der Waals surface area contributed by atoms with Gasteiger partial charge in [-0.1, -0.05) is 19.3 Å². The maximum absolute atomic E-state index is 13.5. The van der Waals surface area contributed by atoms with Gasteiger partial charge in [0, 0.05) is 12.0 Å². The molecule has 0 amide bonds. The number of tetrazole rings is 1. The first-order chi connectivity index (χ1) is 9.25. The monoisotopic (exact) mass is 261 g/mol. The first-order valence-corrected chi connectivity index (χ1v) is 6.59. The summed E-state index contributed by atoms with van der Waals surface area (Å²) in [7, 11) is 0. The molecule has 1 aliphatic carbocycles. The number of nitrogens with zero attached hydrogens (tertiary/aromatic N) is 4. The molecule has 5 nitrogen and oxygen atoms in total. The van der Waals surface area contributed by atoms with Crippen molar-refractivity contribution in [1.29, 1.82) is 0 Å². The lowest BCUT2D eigenvalue weighted by Gasteiger charge is -2.20. The maximum Gasteiger partial charge on any atom is 0.159 e. The predicted octanol–water partition coefficient (Wildman–Crippen LogP) is 2.43. The lowest BCUT2D eigenvalue weighted by molar-refractivity contribution is 0.422. The summed E-state index contributed by atoms with van der Waals surface area (Å²) in [4.78, 5) is 0. The van der Waals surface area contributed by atoms with Crippen LogP contribution in [0.2, 0.25) is 0 Å². The van der Waals surface area contributed by atoms with Crippen molar-refractivity contribution in [3.05, 3.63) is 29.8 Å². The Labute approximate surface area is 110 Å². The molecule has 1 saturated carbocycles. The fourth-order valence-corrected chi connectivity index (χ4v) is 2.64. The number of halogens is 1. The SMILES string of the molecule is Nc1ccc(-n2nnnc2C2CCCCC2)cc1F. The quantitative estimate of drug-likeness (QED) is 0.843. The smallest absolute Gasteiger partial charge is 0.159 e. The van der Waals surface area contributed by atoms with Gasteiger partial charge in [0.2, 0.25) is 0 Å². The van der Waals surface area contributed by atoms with Crippen molar-refractivity contribution in [3.63, 3.8) is 0 Å². The molecular weight excluding hydrogens is 245 g/mol. The molecule has 1 heterocycles. The second-order valence-electron chi connectivity index (χ2n) is 4.99. The highest BCUT2D eigenvalue weighted by Crippen LogP contribution is 2.32. The van der Waals surface area contributed by atoms with Crippen molar-refractivity contribution in [1.82, 2.24) is 20.2 Å². The van der Waals surface area contributed by atoms with Crippen molar-refractivity contribution in [2.45, 2.75) is 38.0 Å². The number of nitrogens with two attached hydrogens (primary N) is 1. The molecule has 0 unspecified atom stereocenters. The van der Waals surface area contributed by atoms with E-state index in [-0.39, 0.29) is 5.69 Å². The first kappa shape index (κ1) is 12.1. The molecule has 2 N–H and O–H groups in total. The van der Waals surface area contributed by atoms with Gasteiger partial charge in [0.15, 0.2) is 5.82 Å². The second kappa shape index (κ2) is 4.95. The van der Waals surface area contributed by atoms with Crippen LogP contribution >= 0.6 is 0 Å². The molecule has 1 fully saturated rings. The molecule has 1 aromatic heterocycles. The third-order valence-electron chi connectivity index (χ3n) is 3.69. The Morgan fingerprint density at radius 3 is 2.74 bits per heavy atom. The van der Waals surface area contributed by atoms with Crippen LogP contribution in [0.1, 0.15) is 43.8 Å². The molecule has 2 aromatic rings. The van der Waals surface area contributed by atoms with Crippen LogP contribution in [0.15, 0.2) is 18.2 Å². The Hall–Kier alpha value is -1.98. The normalized spacial score (nSPS) is 16.7. The Kier molecular flexibility index (Phi) is 3.15. The number of hydrogen-bond acceptors (Lipinski definition) is 4. The highest BCUT2D eigenvalue weighted by molar-refractivity contribution is 5.46. The minimum Gasteiger partial charge on any atom is -0.396 e. The van der Waals surface area contributed by atoms with Crippen LogP contribution in [0.25, 0.3) is 5.69 Å². The van der Waals surface area contributed by atoms with Crippen molar-refractivity contribution >= 4 is 5.69 Å². The molecular formula is C13H16FN5. The largest absolute Gasteiger partial charge is 0.396 e. The van der Waals surface area contributed by atoms with Gasteiger partial charge in [-0.2, -0.15) is 4.68 Å². The van der Waals surface area contributed by atoms with E-state index in [1.54, 1.807) is 10.7 Å². The van der Waals surface area contributed by atoms with Gasteiger partial charge >= 0.3 is 0 Å². The third-order valence-corrected chi connectivity index (χ3v) is 3.69. The molecule has 0 aliphatic heterocycles. The van der Waals surface area contributed by atoms with Crippen molar-refractivity contribution < 1.29 is 4.39 Å². The van der Waals surface area contributed by atoms with Gasteiger partial charge < -0.3 is 5.73 Å². The Morgan fingerprint density at radius 2 is 2.00 bits per heavy atom. The standard InChI is InChI=1S/C13H16FN5/c14-11-8-10(6-7-12(11)15)19-13(16-17-18-19)9-4-2-1-3-5-9/h6-9H,1-5,15H2. The Balaban J connectivity index is 1.96. The van der Waals surface area contributed by atoms with Gasteiger partial charge in [-0.3, -0.25) is 0 Å². The minimum absolute atomic E-state index is 0.135. The van der Waals surface area contributed by atoms with Crippen LogP contribution in [0.5, 0.6) is 0 Å². The summed E-state index contributed by atoms with van der Waals surface area (Å²) in [6.45, 7) is 0. The average molecular weight is 261 g/mol. The lowest BCUT2D eigenvalue weighted by Crippen LogP contribution is -2.12. The summed E-state index contributed by atoms with van der Waals surface area (Å²) in [5.74, 6) is 0.746. The van der Waals surface area contributed by atoms with E-state index in [0.29, 0.717) is 11.6 Å². The number of rotatable bonds is 2. The zero-order valence-corrected chi connectivity index (χ0v) is 10.6. The number of hydrogen-bond donors (Lipinski definition) is 1. The zero-order chi connectivity index (χ0) is 13.2. The second-order valence-corrected chi connectivity index (χ2v) is 4.99. The van der Waals surface area contributed by atoms with Crippen LogP contribution < -0.4 is 5.73 Å². The molecule has 0 spiro atoms. The predicted molar refractivity (Wildman–Crippen MR) is 69.4 cm³/mol. The lowest BCUT2D eigenvalue weighted by atomic mass is 9.89. The molecule has 3 rings (SSSR count). The minimum atomic E-state index is -0.442. The first-order valence-electron chi connectivity index (χ1n) is 6.59. The number of benzene rings is 1. The van der Waals surface area contributed by atoms with Crippen molar-refractivity contribution in [2.75, 3.05) is 5.73 Å². The third kappa shape index (κ3) is 2.30. The summed E-state index contributed by atoms with van der Waals surface area (Å²) in [6.07, 6.45) is 5.87. The summed E-state index contributed by atoms with van der Waals surface area (Å²) in [6, 6.07) is 4.65. The van der Waals surface area contributed by atoms with E-state index >= 15 is 0 Å². The summed E-state index contributed by atoms with van der Waals surface area (Å²) in [5, 5.41) is 11.8. The van der Waals surface area contributed by atoms with Crippen LogP contribution in [0.4, 0.5) is 10.1 Å². The topological polar surface area (TPSA) is 69.6 Å². The molecule has 1 aliphatic rings. The van der Waals surface area contributed by atoms with Gasteiger partial charge in [0.1, 0.15) is 5.82 Å². The molecule has 19 heavy (non-hydrogen) atoms. The van der Waals surface area contributed by atoms with Crippen molar-refractivity contribution in [2.24, 2.45) is 0 Å². The van der Waals surface area contributed by atoms with Gasteiger partial charge in [-0.25, -0.2) is 4.39 Å². The van der Waals surface area contributed by atoms with Gasteiger partial charge in [0.25, 0.3) is 0 Å². The van der Waals surface area contributed by atoms with E-state index in [1.165, 1.54) is 31.4 Å². The van der Waals surface area contributed by atoms with E-state index in [9.17, 15) is 4.39 Å². The molecule has 0 atom stereocenters. The van der Waals surface area contributed by atoms with Gasteiger partial charge in [-0.15, -0.1) is 5.10 Å². The average Bonchev–Trinajstić information content (AvgIpc) is 2.92. The van der Waals surface area contributed by atoms with Crippen LogP contribution in [0.3, 0.4) is 0 Å². The van der Waals surface area contributed by atoms with E-state index in [2.05, 4.69) is 15.5 Å². The van der Waals surface area contributed by atoms with Gasteiger partial charge in [-0.05, 0) is 35.4 Å². The molecule has 0 bridgehead atoms. The fourth-order valence-electron chi connectivity index (χ4n) is 2.64. The maximum atomic E-state index is 13.5. The van der Waals surface area contributed by atoms with Gasteiger partial charge in [0.05, 0.1) is 11.4 Å². The fraction of sp³-hybridized carbons (Fsp3) is 0.462. The molecule has 6 heteroatoms. The number of nitrogen functional groups attached to an aromatic ring is 1. The molecule has 1 aromatic carbocycles. The molecule has 0 radical (unpaired) electrons. The van der Waals surface area contributed by atoms with Crippen LogP contribution in [0, 0.1) is 5.82 Å². The van der Waals surface area contributed by atoms with E-state index in [0.717, 1.165) is 18.7 Å². The molecule has 0 saturated heterocycles. The van der Waals surface area contributed by atoms with Crippen molar-refractivity contribution in [3.8, 4) is 5.69 Å². The van der Waals surface area contributed by atoms with E-state index in [4.69, 9.17) is 5.73 Å².